The van der Waals surface area contributed by atoms with Gasteiger partial charge in [-0.1, -0.05) is 40.7 Å². The summed E-state index contributed by atoms with van der Waals surface area (Å²) in [7, 11) is 0. The van der Waals surface area contributed by atoms with Gasteiger partial charge in [0.1, 0.15) is 0 Å². The Kier molecular flexibility index (Phi) is 5.23. The molecule has 0 fully saturated rings. The Morgan fingerprint density at radius 3 is 2.17 bits per heavy atom. The molecule has 0 saturated carbocycles. The normalized spacial score (nSPS) is 10.4. The van der Waals surface area contributed by atoms with Gasteiger partial charge in [-0.2, -0.15) is 0 Å². The maximum atomic E-state index is 2.27. The summed E-state index contributed by atoms with van der Waals surface area (Å²) < 4.78 is 0. The molecule has 1 heteroatoms. The molecule has 0 bridgehead atoms. The zero-order chi connectivity index (χ0) is 9.61. The predicted octanol–water partition coefficient (Wildman–Crippen LogP) is 4.36. The van der Waals surface area contributed by atoms with Crippen molar-refractivity contribution >= 4 is 11.3 Å². The first kappa shape index (κ1) is 11.7. The smallest absolute Gasteiger partial charge is 0.00504 e. The maximum Gasteiger partial charge on any atom is 0.00504 e. The van der Waals surface area contributed by atoms with Gasteiger partial charge in [0.05, 0.1) is 0 Å². The molecule has 0 nitrogen and oxygen atoms in total. The molecule has 0 radical (unpaired) electrons. The highest BCUT2D eigenvalue weighted by molar-refractivity contribution is 7.09. The molecule has 1 aromatic heterocycles. The number of rotatable bonds is 1. The van der Waals surface area contributed by atoms with Gasteiger partial charge in [-0.05, 0) is 23.3 Å². The van der Waals surface area contributed by atoms with Crippen molar-refractivity contribution in [2.45, 2.75) is 41.0 Å². The van der Waals surface area contributed by atoms with Gasteiger partial charge in [-0.3, -0.25) is 0 Å². The van der Waals surface area contributed by atoms with E-state index >= 15 is 0 Å². The summed E-state index contributed by atoms with van der Waals surface area (Å²) in [5, 5.41) is 2.14. The Hall–Kier alpha value is -0.300. The molecule has 1 rings (SSSR count). The molecule has 0 spiro atoms. The van der Waals surface area contributed by atoms with Crippen LogP contribution in [0.4, 0.5) is 0 Å². The van der Waals surface area contributed by atoms with Crippen molar-refractivity contribution in [1.29, 1.82) is 0 Å². The van der Waals surface area contributed by atoms with E-state index in [1.807, 2.05) is 25.2 Å². The van der Waals surface area contributed by atoms with Crippen LogP contribution in [-0.4, -0.2) is 0 Å². The zero-order valence-corrected chi connectivity index (χ0v) is 9.66. The number of hydrogen-bond acceptors (Lipinski definition) is 1. The van der Waals surface area contributed by atoms with Crippen molar-refractivity contribution in [2.24, 2.45) is 5.41 Å². The van der Waals surface area contributed by atoms with E-state index in [1.165, 1.54) is 11.3 Å². The van der Waals surface area contributed by atoms with Gasteiger partial charge in [-0.25, -0.2) is 0 Å². The van der Waals surface area contributed by atoms with Gasteiger partial charge >= 0.3 is 0 Å². The highest BCUT2D eigenvalue weighted by Crippen LogP contribution is 2.22. The van der Waals surface area contributed by atoms with Crippen LogP contribution in [0.1, 0.15) is 39.5 Å². The van der Waals surface area contributed by atoms with Crippen LogP contribution < -0.4 is 0 Å². The van der Waals surface area contributed by atoms with Crippen LogP contribution in [0.2, 0.25) is 0 Å². The van der Waals surface area contributed by atoms with Gasteiger partial charge < -0.3 is 0 Å². The molecular formula is C11H20S. The first-order chi connectivity index (χ1) is 5.58. The van der Waals surface area contributed by atoms with Crippen molar-refractivity contribution < 1.29 is 0 Å². The monoisotopic (exact) mass is 184 g/mol. The molecule has 1 aromatic rings. The molecule has 0 aromatic carbocycles. The van der Waals surface area contributed by atoms with Crippen molar-refractivity contribution in [1.82, 2.24) is 0 Å². The fourth-order valence-electron chi connectivity index (χ4n) is 0.936. The Bertz CT molecular complexity index is 179. The first-order valence-electron chi connectivity index (χ1n) is 4.60. The largest absolute Gasteiger partial charge is 0.149 e. The van der Waals surface area contributed by atoms with E-state index in [1.54, 1.807) is 0 Å². The summed E-state index contributed by atoms with van der Waals surface area (Å²) in [5.74, 6) is 0. The molecule has 0 unspecified atom stereocenters. The zero-order valence-electron chi connectivity index (χ0n) is 8.85. The Morgan fingerprint density at radius 1 is 1.25 bits per heavy atom. The third kappa shape index (κ3) is 5.36. The van der Waals surface area contributed by atoms with Crippen LogP contribution in [0.15, 0.2) is 17.5 Å². The van der Waals surface area contributed by atoms with E-state index in [9.17, 15) is 0 Å². The second-order valence-electron chi connectivity index (χ2n) is 3.82. The van der Waals surface area contributed by atoms with Crippen molar-refractivity contribution in [3.63, 3.8) is 0 Å². The second-order valence-corrected chi connectivity index (χ2v) is 4.85. The fourth-order valence-corrected chi connectivity index (χ4v) is 1.94. The SMILES string of the molecule is CC.CC(C)(C)Cc1cccs1. The fraction of sp³-hybridized carbons (Fsp3) is 0.636. The third-order valence-electron chi connectivity index (χ3n) is 1.28. The molecule has 1 heterocycles. The van der Waals surface area contributed by atoms with Gasteiger partial charge in [0.2, 0.25) is 0 Å². The number of hydrogen-bond donors (Lipinski definition) is 0. The molecule has 0 amide bonds. The minimum atomic E-state index is 0.435. The molecule has 0 N–H and O–H groups in total. The lowest BCUT2D eigenvalue weighted by molar-refractivity contribution is 0.414. The van der Waals surface area contributed by atoms with Crippen molar-refractivity contribution in [2.75, 3.05) is 0 Å². The minimum Gasteiger partial charge on any atom is -0.149 e. The molecule has 12 heavy (non-hydrogen) atoms. The third-order valence-corrected chi connectivity index (χ3v) is 2.16. The quantitative estimate of drug-likeness (QED) is 0.608. The van der Waals surface area contributed by atoms with E-state index in [0.29, 0.717) is 5.41 Å². The van der Waals surface area contributed by atoms with Gasteiger partial charge in [0, 0.05) is 4.88 Å². The van der Waals surface area contributed by atoms with Gasteiger partial charge in [0.15, 0.2) is 0 Å². The minimum absolute atomic E-state index is 0.435. The van der Waals surface area contributed by atoms with Crippen molar-refractivity contribution in [3.8, 4) is 0 Å². The van der Waals surface area contributed by atoms with Crippen LogP contribution in [0.5, 0.6) is 0 Å². The van der Waals surface area contributed by atoms with Crippen LogP contribution in [-0.2, 0) is 6.42 Å². The Balaban J connectivity index is 0.000000561. The summed E-state index contributed by atoms with van der Waals surface area (Å²) >= 11 is 1.85. The highest BCUT2D eigenvalue weighted by Gasteiger charge is 2.10. The molecular weight excluding hydrogens is 164 g/mol. The maximum absolute atomic E-state index is 2.27. The summed E-state index contributed by atoms with van der Waals surface area (Å²) in [6.45, 7) is 10.8. The van der Waals surface area contributed by atoms with E-state index in [-0.39, 0.29) is 0 Å². The molecule has 0 aliphatic heterocycles. The van der Waals surface area contributed by atoms with Crippen molar-refractivity contribution in [3.05, 3.63) is 22.4 Å². The molecule has 70 valence electrons. The number of thiophene rings is 1. The molecule has 0 atom stereocenters. The second kappa shape index (κ2) is 5.36. The topological polar surface area (TPSA) is 0 Å². The van der Waals surface area contributed by atoms with Gasteiger partial charge in [-0.15, -0.1) is 11.3 Å². The average Bonchev–Trinajstić information content (AvgIpc) is 2.41. The Labute approximate surface area is 80.6 Å². The lowest BCUT2D eigenvalue weighted by Crippen LogP contribution is -2.07. The molecule has 0 aliphatic carbocycles. The lowest BCUT2D eigenvalue weighted by atomic mass is 9.92. The summed E-state index contributed by atoms with van der Waals surface area (Å²) in [6, 6.07) is 4.32. The van der Waals surface area contributed by atoms with Crippen LogP contribution in [0.25, 0.3) is 0 Å². The standard InChI is InChI=1S/C9H14S.C2H6/c1-9(2,3)7-8-5-4-6-10-8;1-2/h4-6H,7H2,1-3H3;1-2H3. The Morgan fingerprint density at radius 2 is 1.83 bits per heavy atom. The molecule has 0 aliphatic rings. The van der Waals surface area contributed by atoms with Crippen LogP contribution in [0.3, 0.4) is 0 Å². The first-order valence-corrected chi connectivity index (χ1v) is 5.48. The van der Waals surface area contributed by atoms with Crippen LogP contribution >= 0.6 is 11.3 Å². The molecule has 0 saturated heterocycles. The summed E-state index contributed by atoms with van der Waals surface area (Å²) in [5.41, 5.74) is 0.435. The summed E-state index contributed by atoms with van der Waals surface area (Å²) in [6.07, 6.45) is 1.20. The van der Waals surface area contributed by atoms with E-state index in [4.69, 9.17) is 0 Å². The lowest BCUT2D eigenvalue weighted by Gasteiger charge is -2.15. The van der Waals surface area contributed by atoms with E-state index in [0.717, 1.165) is 0 Å². The summed E-state index contributed by atoms with van der Waals surface area (Å²) in [4.78, 5) is 1.49. The van der Waals surface area contributed by atoms with E-state index < -0.39 is 0 Å². The van der Waals surface area contributed by atoms with E-state index in [2.05, 4.69) is 38.3 Å². The van der Waals surface area contributed by atoms with Crippen LogP contribution in [0, 0.1) is 5.41 Å². The van der Waals surface area contributed by atoms with Gasteiger partial charge in [0.25, 0.3) is 0 Å². The predicted molar refractivity (Wildman–Crippen MR) is 58.8 cm³/mol. The highest BCUT2D eigenvalue weighted by atomic mass is 32.1. The average molecular weight is 184 g/mol.